The number of nitrogens with zero attached hydrogens (tertiary/aromatic N) is 2. The average Bonchev–Trinajstić information content (AvgIpc) is 1.98. The van der Waals surface area contributed by atoms with Crippen LogP contribution in [0.1, 0.15) is 13.3 Å². The molecule has 0 unspecified atom stereocenters. The zero-order valence-corrected chi connectivity index (χ0v) is 6.59. The van der Waals surface area contributed by atoms with Crippen molar-refractivity contribution in [3.05, 3.63) is 0 Å². The molecule has 0 heterocycles. The van der Waals surface area contributed by atoms with Crippen LogP contribution in [0.15, 0.2) is 5.10 Å². The maximum atomic E-state index is 10.7. The van der Waals surface area contributed by atoms with Crippen LogP contribution in [0.25, 0.3) is 0 Å². The molecule has 4 heteroatoms. The second kappa shape index (κ2) is 4.78. The highest BCUT2D eigenvalue weighted by atomic mass is 16.2. The molecule has 1 N–H and O–H groups in total. The van der Waals surface area contributed by atoms with Crippen molar-refractivity contribution in [2.24, 2.45) is 5.10 Å². The Morgan fingerprint density at radius 3 is 2.80 bits per heavy atom. The van der Waals surface area contributed by atoms with Crippen molar-refractivity contribution in [2.75, 3.05) is 14.1 Å². The molecule has 0 atom stereocenters. The molecule has 0 aliphatic carbocycles. The Balaban J connectivity index is 3.72. The van der Waals surface area contributed by atoms with Gasteiger partial charge in [-0.05, 0) is 6.42 Å². The lowest BCUT2D eigenvalue weighted by Gasteiger charge is -2.08. The fraction of sp³-hybridized carbons (Fsp3) is 0.667. The number of nitrogens with one attached hydrogen (secondary N) is 1. The average molecular weight is 143 g/mol. The molecule has 0 saturated heterocycles. The zero-order valence-electron chi connectivity index (χ0n) is 6.59. The first-order valence-electron chi connectivity index (χ1n) is 3.20. The molecule has 0 spiro atoms. The van der Waals surface area contributed by atoms with E-state index in [1.165, 1.54) is 5.01 Å². The van der Waals surface area contributed by atoms with Gasteiger partial charge in [0.05, 0.1) is 0 Å². The van der Waals surface area contributed by atoms with Crippen molar-refractivity contribution >= 4 is 12.2 Å². The SMILES string of the molecule is CC/C=N\N(C)C(=O)NC. The quantitative estimate of drug-likeness (QED) is 0.447. The third-order valence-corrected chi connectivity index (χ3v) is 0.945. The first-order valence-corrected chi connectivity index (χ1v) is 3.20. The van der Waals surface area contributed by atoms with Gasteiger partial charge in [-0.15, -0.1) is 0 Å². The van der Waals surface area contributed by atoms with E-state index in [1.54, 1.807) is 20.3 Å². The van der Waals surface area contributed by atoms with E-state index >= 15 is 0 Å². The molecule has 0 aliphatic rings. The minimum atomic E-state index is -0.204. The summed E-state index contributed by atoms with van der Waals surface area (Å²) in [6.07, 6.45) is 2.51. The lowest BCUT2D eigenvalue weighted by molar-refractivity contribution is 0.213. The second-order valence-electron chi connectivity index (χ2n) is 1.79. The Morgan fingerprint density at radius 2 is 2.40 bits per heavy atom. The summed E-state index contributed by atoms with van der Waals surface area (Å²) in [5, 5.41) is 7.51. The van der Waals surface area contributed by atoms with Crippen LogP contribution < -0.4 is 5.32 Å². The van der Waals surface area contributed by atoms with E-state index in [-0.39, 0.29) is 6.03 Å². The fourth-order valence-corrected chi connectivity index (χ4v) is 0.418. The van der Waals surface area contributed by atoms with Crippen molar-refractivity contribution in [3.8, 4) is 0 Å². The summed E-state index contributed by atoms with van der Waals surface area (Å²) in [6.45, 7) is 1.96. The summed E-state index contributed by atoms with van der Waals surface area (Å²) >= 11 is 0. The predicted octanol–water partition coefficient (Wildman–Crippen LogP) is 0.653. The fourth-order valence-electron chi connectivity index (χ4n) is 0.418. The second-order valence-corrected chi connectivity index (χ2v) is 1.79. The molecule has 0 aliphatic heterocycles. The number of hydrogen-bond acceptors (Lipinski definition) is 2. The summed E-state index contributed by atoms with van der Waals surface area (Å²) < 4.78 is 0. The lowest BCUT2D eigenvalue weighted by atomic mass is 10.6. The maximum absolute atomic E-state index is 10.7. The van der Waals surface area contributed by atoms with Gasteiger partial charge in [0, 0.05) is 20.3 Å². The van der Waals surface area contributed by atoms with Crippen molar-refractivity contribution in [2.45, 2.75) is 13.3 Å². The topological polar surface area (TPSA) is 44.7 Å². The van der Waals surface area contributed by atoms with Gasteiger partial charge in [0.25, 0.3) is 0 Å². The van der Waals surface area contributed by atoms with Crippen LogP contribution in [0.3, 0.4) is 0 Å². The smallest absolute Gasteiger partial charge is 0.337 e. The Morgan fingerprint density at radius 1 is 1.80 bits per heavy atom. The molecule has 10 heavy (non-hydrogen) atoms. The summed E-state index contributed by atoms with van der Waals surface area (Å²) in [5.41, 5.74) is 0. The zero-order chi connectivity index (χ0) is 7.98. The van der Waals surface area contributed by atoms with Crippen LogP contribution >= 0.6 is 0 Å². The standard InChI is InChI=1S/C6H13N3O/c1-4-5-8-9(3)6(10)7-2/h5H,4H2,1-3H3,(H,7,10)/b8-5-. The number of carbonyl (C=O) groups excluding carboxylic acids is 1. The van der Waals surface area contributed by atoms with E-state index in [9.17, 15) is 4.79 Å². The van der Waals surface area contributed by atoms with Gasteiger partial charge >= 0.3 is 6.03 Å². The normalized spacial score (nSPS) is 9.90. The van der Waals surface area contributed by atoms with Gasteiger partial charge in [-0.2, -0.15) is 5.10 Å². The van der Waals surface area contributed by atoms with E-state index in [4.69, 9.17) is 0 Å². The third-order valence-electron chi connectivity index (χ3n) is 0.945. The van der Waals surface area contributed by atoms with Gasteiger partial charge in [-0.25, -0.2) is 9.80 Å². The molecule has 4 nitrogen and oxygen atoms in total. The van der Waals surface area contributed by atoms with Crippen LogP contribution in [0, 0.1) is 0 Å². The summed E-state index contributed by atoms with van der Waals surface area (Å²) in [6, 6.07) is -0.204. The monoisotopic (exact) mass is 143 g/mol. The van der Waals surface area contributed by atoms with Crippen molar-refractivity contribution in [1.29, 1.82) is 0 Å². The molecular weight excluding hydrogens is 130 g/mol. The van der Waals surface area contributed by atoms with Crippen molar-refractivity contribution < 1.29 is 4.79 Å². The van der Waals surface area contributed by atoms with Gasteiger partial charge < -0.3 is 5.32 Å². The number of hydrogen-bond donors (Lipinski definition) is 1. The first-order chi connectivity index (χ1) is 4.72. The molecule has 0 aromatic carbocycles. The third kappa shape index (κ3) is 3.06. The molecule has 2 amide bonds. The predicted molar refractivity (Wildman–Crippen MR) is 41.0 cm³/mol. The van der Waals surface area contributed by atoms with Gasteiger partial charge in [0.1, 0.15) is 0 Å². The van der Waals surface area contributed by atoms with Gasteiger partial charge in [0.15, 0.2) is 0 Å². The van der Waals surface area contributed by atoms with E-state index in [0.717, 1.165) is 6.42 Å². The number of urea groups is 1. The summed E-state index contributed by atoms with van der Waals surface area (Å²) in [5.74, 6) is 0. The molecule has 0 fully saturated rings. The highest BCUT2D eigenvalue weighted by Crippen LogP contribution is 1.82. The van der Waals surface area contributed by atoms with Crippen LogP contribution in [-0.4, -0.2) is 31.3 Å². The first kappa shape index (κ1) is 8.94. The van der Waals surface area contributed by atoms with Crippen LogP contribution in [0.2, 0.25) is 0 Å². The molecule has 0 rings (SSSR count). The Kier molecular flexibility index (Phi) is 4.28. The number of carbonyl (C=O) groups is 1. The van der Waals surface area contributed by atoms with Crippen LogP contribution in [0.5, 0.6) is 0 Å². The van der Waals surface area contributed by atoms with E-state index in [2.05, 4.69) is 10.4 Å². The van der Waals surface area contributed by atoms with Crippen LogP contribution in [0.4, 0.5) is 4.79 Å². The van der Waals surface area contributed by atoms with E-state index < -0.39 is 0 Å². The maximum Gasteiger partial charge on any atom is 0.337 e. The lowest BCUT2D eigenvalue weighted by Crippen LogP contribution is -2.30. The summed E-state index contributed by atoms with van der Waals surface area (Å²) in [7, 11) is 3.17. The Hall–Kier alpha value is -1.06. The highest BCUT2D eigenvalue weighted by molar-refractivity contribution is 5.74. The van der Waals surface area contributed by atoms with Crippen molar-refractivity contribution in [1.82, 2.24) is 10.3 Å². The highest BCUT2D eigenvalue weighted by Gasteiger charge is 1.99. The van der Waals surface area contributed by atoms with Gasteiger partial charge in [-0.1, -0.05) is 6.92 Å². The van der Waals surface area contributed by atoms with Crippen molar-refractivity contribution in [3.63, 3.8) is 0 Å². The Labute approximate surface area is 60.9 Å². The minimum Gasteiger partial charge on any atom is -0.340 e. The van der Waals surface area contributed by atoms with Gasteiger partial charge in [0.2, 0.25) is 0 Å². The van der Waals surface area contributed by atoms with E-state index in [1.807, 2.05) is 6.92 Å². The number of hydrazone groups is 1. The molecule has 0 bridgehead atoms. The number of rotatable bonds is 2. The molecule has 58 valence electrons. The molecule has 0 saturated carbocycles. The molecule has 0 radical (unpaired) electrons. The van der Waals surface area contributed by atoms with Gasteiger partial charge in [-0.3, -0.25) is 0 Å². The van der Waals surface area contributed by atoms with Crippen LogP contribution in [-0.2, 0) is 0 Å². The largest absolute Gasteiger partial charge is 0.340 e. The van der Waals surface area contributed by atoms with E-state index in [0.29, 0.717) is 0 Å². The molecular formula is C6H13N3O. The minimum absolute atomic E-state index is 0.204. The molecule has 0 aromatic heterocycles. The Bertz CT molecular complexity index is 133. The summed E-state index contributed by atoms with van der Waals surface area (Å²) in [4.78, 5) is 10.7. The molecule has 0 aromatic rings. The number of amides is 2.